The summed E-state index contributed by atoms with van der Waals surface area (Å²) < 4.78 is 2.04. The average molecular weight is 248 g/mol. The van der Waals surface area contributed by atoms with Crippen LogP contribution in [0.1, 0.15) is 5.56 Å². The Labute approximate surface area is 109 Å². The molecule has 0 aliphatic carbocycles. The number of hydrogen-bond acceptors (Lipinski definition) is 1. The predicted molar refractivity (Wildman–Crippen MR) is 77.8 cm³/mol. The summed E-state index contributed by atoms with van der Waals surface area (Å²) in [6.07, 6.45) is 0. The van der Waals surface area contributed by atoms with E-state index in [2.05, 4.69) is 18.0 Å². The second kappa shape index (κ2) is 3.48. The summed E-state index contributed by atoms with van der Waals surface area (Å²) >= 11 is 0. The fourth-order valence-corrected chi connectivity index (χ4v) is 2.70. The summed E-state index contributed by atoms with van der Waals surface area (Å²) in [5.74, 6) is 0. The lowest BCUT2D eigenvalue weighted by Gasteiger charge is -2.05. The molecule has 0 amide bonds. The van der Waals surface area contributed by atoms with Gasteiger partial charge in [-0.3, -0.25) is 4.79 Å². The highest BCUT2D eigenvalue weighted by Gasteiger charge is 2.09. The molecule has 3 nitrogen and oxygen atoms in total. The molecule has 0 saturated heterocycles. The van der Waals surface area contributed by atoms with Gasteiger partial charge in [-0.25, -0.2) is 0 Å². The minimum absolute atomic E-state index is 0.0486. The molecule has 0 aliphatic rings. The van der Waals surface area contributed by atoms with Gasteiger partial charge in [-0.05, 0) is 36.8 Å². The van der Waals surface area contributed by atoms with Crippen LogP contribution in [0.25, 0.3) is 27.5 Å². The monoisotopic (exact) mass is 248 g/mol. The largest absolute Gasteiger partial charge is 0.319 e. The van der Waals surface area contributed by atoms with Crippen molar-refractivity contribution < 1.29 is 0 Å². The predicted octanol–water partition coefficient (Wildman–Crippen LogP) is 3.24. The van der Waals surface area contributed by atoms with Crippen molar-refractivity contribution >= 4 is 27.5 Å². The van der Waals surface area contributed by atoms with Gasteiger partial charge in [-0.1, -0.05) is 24.3 Å². The van der Waals surface area contributed by atoms with E-state index in [-0.39, 0.29) is 5.56 Å². The Morgan fingerprint density at radius 1 is 0.947 bits per heavy atom. The molecule has 3 heteroatoms. The van der Waals surface area contributed by atoms with Crippen LogP contribution in [0.2, 0.25) is 0 Å². The van der Waals surface area contributed by atoms with Crippen LogP contribution in [0, 0.1) is 6.92 Å². The molecule has 0 spiro atoms. The maximum atomic E-state index is 12.2. The first-order valence-corrected chi connectivity index (χ1v) is 6.27. The van der Waals surface area contributed by atoms with Crippen LogP contribution in [-0.4, -0.2) is 9.38 Å². The molecule has 1 N–H and O–H groups in total. The fourth-order valence-electron chi connectivity index (χ4n) is 2.70. The van der Waals surface area contributed by atoms with Gasteiger partial charge >= 0.3 is 0 Å². The maximum absolute atomic E-state index is 12.2. The zero-order valence-corrected chi connectivity index (χ0v) is 10.5. The third-order valence-electron chi connectivity index (χ3n) is 3.59. The number of nitrogens with zero attached hydrogens (tertiary/aromatic N) is 1. The van der Waals surface area contributed by atoms with E-state index in [1.165, 1.54) is 5.56 Å². The van der Waals surface area contributed by atoms with Gasteiger partial charge in [0.05, 0.1) is 16.6 Å². The fraction of sp³-hybridized carbons (Fsp3) is 0.0625. The number of nitrogens with one attached hydrogen (secondary N) is 1. The number of rotatable bonds is 0. The second-order valence-electron chi connectivity index (χ2n) is 4.90. The molecule has 2 aromatic heterocycles. The number of hydrogen-bond donors (Lipinski definition) is 1. The SMILES string of the molecule is Cc1ccc2[nH]c(=O)c3cc4ccccc4n3c2c1. The normalized spacial score (nSPS) is 11.6. The van der Waals surface area contributed by atoms with E-state index < -0.39 is 0 Å². The van der Waals surface area contributed by atoms with Crippen molar-refractivity contribution in [2.45, 2.75) is 6.92 Å². The Morgan fingerprint density at radius 2 is 1.79 bits per heavy atom. The van der Waals surface area contributed by atoms with E-state index >= 15 is 0 Å². The minimum atomic E-state index is -0.0486. The Morgan fingerprint density at radius 3 is 2.68 bits per heavy atom. The van der Waals surface area contributed by atoms with Crippen molar-refractivity contribution in [3.8, 4) is 0 Å². The van der Waals surface area contributed by atoms with Crippen LogP contribution in [0.3, 0.4) is 0 Å². The third kappa shape index (κ3) is 1.35. The number of para-hydroxylation sites is 1. The van der Waals surface area contributed by atoms with E-state index in [0.717, 1.165) is 21.9 Å². The number of fused-ring (bicyclic) bond motifs is 5. The van der Waals surface area contributed by atoms with Gasteiger partial charge in [0.1, 0.15) is 5.52 Å². The molecule has 92 valence electrons. The van der Waals surface area contributed by atoms with E-state index in [0.29, 0.717) is 5.52 Å². The molecule has 0 aliphatic heterocycles. The van der Waals surface area contributed by atoms with Gasteiger partial charge in [0.25, 0.3) is 5.56 Å². The highest BCUT2D eigenvalue weighted by Crippen LogP contribution is 2.22. The van der Waals surface area contributed by atoms with Crippen LogP contribution >= 0.6 is 0 Å². The molecular formula is C16H12N2O. The summed E-state index contributed by atoms with van der Waals surface area (Å²) in [5, 5.41) is 1.09. The van der Waals surface area contributed by atoms with Gasteiger partial charge in [0.15, 0.2) is 0 Å². The first-order valence-electron chi connectivity index (χ1n) is 6.27. The highest BCUT2D eigenvalue weighted by molar-refractivity contribution is 5.92. The zero-order valence-electron chi connectivity index (χ0n) is 10.5. The van der Waals surface area contributed by atoms with Crippen molar-refractivity contribution in [1.82, 2.24) is 9.38 Å². The Hall–Kier alpha value is -2.55. The Bertz CT molecular complexity index is 992. The summed E-state index contributed by atoms with van der Waals surface area (Å²) in [6.45, 7) is 2.06. The first-order chi connectivity index (χ1) is 9.24. The van der Waals surface area contributed by atoms with E-state index in [1.54, 1.807) is 0 Å². The van der Waals surface area contributed by atoms with Crippen molar-refractivity contribution in [1.29, 1.82) is 0 Å². The molecular weight excluding hydrogens is 236 g/mol. The van der Waals surface area contributed by atoms with Crippen molar-refractivity contribution in [2.75, 3.05) is 0 Å². The molecule has 0 unspecified atom stereocenters. The lowest BCUT2D eigenvalue weighted by Crippen LogP contribution is -2.09. The number of aryl methyl sites for hydroxylation is 1. The Kier molecular flexibility index (Phi) is 1.90. The number of H-pyrrole nitrogens is 1. The van der Waals surface area contributed by atoms with Gasteiger partial charge in [-0.15, -0.1) is 0 Å². The quantitative estimate of drug-likeness (QED) is 0.509. The molecule has 4 rings (SSSR count). The van der Waals surface area contributed by atoms with Crippen molar-refractivity contribution in [3.05, 3.63) is 64.4 Å². The molecule has 4 aromatic rings. The summed E-state index contributed by atoms with van der Waals surface area (Å²) in [6, 6.07) is 16.1. The van der Waals surface area contributed by atoms with Crippen LogP contribution in [0.15, 0.2) is 53.3 Å². The molecule has 2 aromatic carbocycles. The van der Waals surface area contributed by atoms with Gasteiger partial charge in [0, 0.05) is 5.39 Å². The summed E-state index contributed by atoms with van der Waals surface area (Å²) in [4.78, 5) is 15.1. The standard InChI is InChI=1S/C16H12N2O/c1-10-6-7-12-14(8-10)18-13-5-3-2-4-11(13)9-15(18)16(19)17-12/h2-9H,1H3,(H,17,19). The third-order valence-corrected chi connectivity index (χ3v) is 3.59. The summed E-state index contributed by atoms with van der Waals surface area (Å²) in [7, 11) is 0. The van der Waals surface area contributed by atoms with Gasteiger partial charge in [0.2, 0.25) is 0 Å². The highest BCUT2D eigenvalue weighted by atomic mass is 16.1. The van der Waals surface area contributed by atoms with E-state index in [4.69, 9.17) is 0 Å². The molecule has 0 radical (unpaired) electrons. The average Bonchev–Trinajstić information content (AvgIpc) is 2.80. The molecule has 0 fully saturated rings. The molecule has 0 saturated carbocycles. The number of aromatic amines is 1. The zero-order chi connectivity index (χ0) is 13.0. The molecule has 19 heavy (non-hydrogen) atoms. The van der Waals surface area contributed by atoms with Crippen molar-refractivity contribution in [2.24, 2.45) is 0 Å². The second-order valence-corrected chi connectivity index (χ2v) is 4.90. The van der Waals surface area contributed by atoms with Gasteiger partial charge < -0.3 is 9.38 Å². The first kappa shape index (κ1) is 10.4. The van der Waals surface area contributed by atoms with Crippen LogP contribution in [-0.2, 0) is 0 Å². The van der Waals surface area contributed by atoms with E-state index in [1.807, 2.05) is 46.9 Å². The smallest absolute Gasteiger partial charge is 0.272 e. The lowest BCUT2D eigenvalue weighted by atomic mass is 10.2. The Balaban J connectivity index is 2.42. The van der Waals surface area contributed by atoms with Crippen LogP contribution < -0.4 is 5.56 Å². The molecule has 2 heterocycles. The van der Waals surface area contributed by atoms with Crippen LogP contribution in [0.5, 0.6) is 0 Å². The van der Waals surface area contributed by atoms with Crippen LogP contribution in [0.4, 0.5) is 0 Å². The number of aromatic nitrogens is 2. The molecule has 0 bridgehead atoms. The number of benzene rings is 2. The topological polar surface area (TPSA) is 37.3 Å². The lowest BCUT2D eigenvalue weighted by molar-refractivity contribution is 1.21. The molecule has 0 atom stereocenters. The summed E-state index contributed by atoms with van der Waals surface area (Å²) in [5.41, 5.74) is 4.80. The maximum Gasteiger partial charge on any atom is 0.272 e. The minimum Gasteiger partial charge on any atom is -0.319 e. The van der Waals surface area contributed by atoms with E-state index in [9.17, 15) is 4.79 Å². The van der Waals surface area contributed by atoms with Crippen molar-refractivity contribution in [3.63, 3.8) is 0 Å². The van der Waals surface area contributed by atoms with Gasteiger partial charge in [-0.2, -0.15) is 0 Å².